The normalized spacial score (nSPS) is 15.7. The van der Waals surface area contributed by atoms with Crippen LogP contribution in [0.25, 0.3) is 16.7 Å². The molecule has 1 aromatic carbocycles. The molecule has 1 aliphatic heterocycles. The predicted octanol–water partition coefficient (Wildman–Crippen LogP) is 4.66. The Kier molecular flexibility index (Phi) is 6.58. The van der Waals surface area contributed by atoms with Crippen LogP contribution in [0.5, 0.6) is 0 Å². The van der Waals surface area contributed by atoms with Crippen LogP contribution in [0.1, 0.15) is 40.2 Å². The molecule has 0 N–H and O–H groups in total. The zero-order chi connectivity index (χ0) is 24.5. The molecule has 1 unspecified atom stereocenters. The van der Waals surface area contributed by atoms with Gasteiger partial charge in [-0.05, 0) is 69.5 Å². The number of Topliss-reactive ketones (excluding diaryl/α,β-unsaturated/α-hetero) is 1. The molecule has 180 valence electrons. The van der Waals surface area contributed by atoms with Gasteiger partial charge in [-0.15, -0.1) is 0 Å². The molecule has 1 saturated heterocycles. The lowest BCUT2D eigenvalue weighted by Crippen LogP contribution is -2.23. The van der Waals surface area contributed by atoms with Crippen LogP contribution < -0.4 is 5.56 Å². The molecule has 0 aliphatic carbocycles. The van der Waals surface area contributed by atoms with Crippen LogP contribution in [-0.2, 0) is 11.3 Å². The zero-order valence-electron chi connectivity index (χ0n) is 20.2. The third-order valence-electron chi connectivity index (χ3n) is 6.49. The number of pyridine rings is 1. The number of rotatable bonds is 7. The van der Waals surface area contributed by atoms with E-state index in [1.165, 1.54) is 16.3 Å². The molecule has 0 spiro atoms. The molecule has 1 fully saturated rings. The second kappa shape index (κ2) is 9.79. The van der Waals surface area contributed by atoms with Crippen molar-refractivity contribution in [3.05, 3.63) is 81.5 Å². The summed E-state index contributed by atoms with van der Waals surface area (Å²) in [6.07, 6.45) is 4.02. The first kappa shape index (κ1) is 23.5. The number of aryl methyl sites for hydroxylation is 2. The molecule has 0 amide bonds. The number of carbonyl (C=O) groups excluding carboxylic acids is 1. The molecule has 7 nitrogen and oxygen atoms in total. The summed E-state index contributed by atoms with van der Waals surface area (Å²) in [7, 11) is 0. The molecule has 1 atom stereocenters. The number of aromatic nitrogens is 4. The van der Waals surface area contributed by atoms with E-state index in [4.69, 9.17) is 9.72 Å². The third kappa shape index (κ3) is 4.68. The Morgan fingerprint density at radius 1 is 1.17 bits per heavy atom. The predicted molar refractivity (Wildman–Crippen MR) is 138 cm³/mol. The Hall–Kier alpha value is -3.23. The Morgan fingerprint density at radius 2 is 2.00 bits per heavy atom. The molecule has 35 heavy (non-hydrogen) atoms. The highest BCUT2D eigenvalue weighted by Crippen LogP contribution is 2.25. The van der Waals surface area contributed by atoms with Crippen LogP contribution in [0, 0.1) is 20.8 Å². The number of ether oxygens (including phenoxy) is 1. The van der Waals surface area contributed by atoms with Gasteiger partial charge in [0.05, 0.1) is 22.8 Å². The molecule has 0 saturated carbocycles. The fourth-order valence-corrected chi connectivity index (χ4v) is 5.50. The zero-order valence-corrected chi connectivity index (χ0v) is 21.0. The molecule has 4 heterocycles. The molecule has 0 radical (unpaired) electrons. The number of thioether (sulfide) groups is 1. The molecule has 1 aliphatic rings. The van der Waals surface area contributed by atoms with Gasteiger partial charge in [0.2, 0.25) is 0 Å². The Bertz CT molecular complexity index is 1470. The van der Waals surface area contributed by atoms with Crippen molar-refractivity contribution in [2.45, 2.75) is 51.4 Å². The van der Waals surface area contributed by atoms with Crippen LogP contribution in [0.15, 0.2) is 58.6 Å². The number of hydrogen-bond acceptors (Lipinski definition) is 6. The molecule has 3 aromatic heterocycles. The maximum Gasteiger partial charge on any atom is 0.267 e. The number of ketones is 1. The van der Waals surface area contributed by atoms with Gasteiger partial charge in [-0.3, -0.25) is 9.59 Å². The summed E-state index contributed by atoms with van der Waals surface area (Å²) < 4.78 is 9.48. The van der Waals surface area contributed by atoms with Gasteiger partial charge in [0.1, 0.15) is 5.82 Å². The number of hydrogen-bond donors (Lipinski definition) is 0. The van der Waals surface area contributed by atoms with Gasteiger partial charge < -0.3 is 9.30 Å². The summed E-state index contributed by atoms with van der Waals surface area (Å²) in [6.45, 7) is 7.54. The van der Waals surface area contributed by atoms with Gasteiger partial charge in [-0.25, -0.2) is 14.5 Å². The summed E-state index contributed by atoms with van der Waals surface area (Å²) in [5.74, 6) is 0.673. The average Bonchev–Trinajstić information content (AvgIpc) is 3.46. The largest absolute Gasteiger partial charge is 0.376 e. The van der Waals surface area contributed by atoms with Gasteiger partial charge in [-0.2, -0.15) is 0 Å². The molecular formula is C27H28N4O3S. The molecular weight excluding hydrogens is 460 g/mol. The maximum atomic E-state index is 13.4. The number of fused-ring (bicyclic) bond motifs is 1. The Balaban J connectivity index is 1.46. The average molecular weight is 489 g/mol. The van der Waals surface area contributed by atoms with Crippen LogP contribution in [0.2, 0.25) is 0 Å². The minimum atomic E-state index is -0.196. The second-order valence-corrected chi connectivity index (χ2v) is 9.93. The Labute approximate surface area is 208 Å². The number of carbonyl (C=O) groups is 1. The lowest BCUT2D eigenvalue weighted by Gasteiger charge is -2.15. The quantitative estimate of drug-likeness (QED) is 0.214. The van der Waals surface area contributed by atoms with Crippen molar-refractivity contribution < 1.29 is 9.53 Å². The SMILES string of the molecule is Cc1ccnc(-n2c(SCC(=O)c3cc(C)n(CC4CCCO4)c3C)nc3ccccc3c2=O)c1. The first-order valence-electron chi connectivity index (χ1n) is 11.8. The van der Waals surface area contributed by atoms with Crippen LogP contribution in [0.4, 0.5) is 0 Å². The van der Waals surface area contributed by atoms with E-state index < -0.39 is 0 Å². The van der Waals surface area contributed by atoms with Gasteiger partial charge in [-0.1, -0.05) is 23.9 Å². The van der Waals surface area contributed by atoms with Crippen LogP contribution >= 0.6 is 11.8 Å². The summed E-state index contributed by atoms with van der Waals surface area (Å²) in [5, 5.41) is 0.970. The summed E-state index contributed by atoms with van der Waals surface area (Å²) in [6, 6.07) is 12.9. The highest BCUT2D eigenvalue weighted by molar-refractivity contribution is 7.99. The summed E-state index contributed by atoms with van der Waals surface area (Å²) in [5.41, 5.74) is 4.10. The molecule has 0 bridgehead atoms. The van der Waals surface area contributed by atoms with E-state index in [1.807, 2.05) is 57.2 Å². The fourth-order valence-electron chi connectivity index (χ4n) is 4.62. The van der Waals surface area contributed by atoms with Crippen molar-refractivity contribution in [1.82, 2.24) is 19.1 Å². The van der Waals surface area contributed by atoms with Gasteiger partial charge >= 0.3 is 0 Å². The van der Waals surface area contributed by atoms with Crippen molar-refractivity contribution in [1.29, 1.82) is 0 Å². The van der Waals surface area contributed by atoms with Gasteiger partial charge in [0.15, 0.2) is 10.9 Å². The monoisotopic (exact) mass is 488 g/mol. The van der Waals surface area contributed by atoms with Crippen LogP contribution in [-0.4, -0.2) is 43.3 Å². The molecule has 5 rings (SSSR count). The van der Waals surface area contributed by atoms with Crippen molar-refractivity contribution in [2.24, 2.45) is 0 Å². The second-order valence-electron chi connectivity index (χ2n) is 8.99. The Morgan fingerprint density at radius 3 is 2.77 bits per heavy atom. The topological polar surface area (TPSA) is 79.0 Å². The van der Waals surface area contributed by atoms with Crippen molar-refractivity contribution in [3.8, 4) is 5.82 Å². The maximum absolute atomic E-state index is 13.4. The first-order valence-corrected chi connectivity index (χ1v) is 12.8. The van der Waals surface area contributed by atoms with E-state index >= 15 is 0 Å². The van der Waals surface area contributed by atoms with E-state index in [2.05, 4.69) is 9.55 Å². The van der Waals surface area contributed by atoms with Crippen molar-refractivity contribution in [3.63, 3.8) is 0 Å². The minimum Gasteiger partial charge on any atom is -0.376 e. The highest BCUT2D eigenvalue weighted by Gasteiger charge is 2.22. The minimum absolute atomic E-state index is 0.00727. The van der Waals surface area contributed by atoms with E-state index in [0.29, 0.717) is 27.4 Å². The summed E-state index contributed by atoms with van der Waals surface area (Å²) in [4.78, 5) is 35.9. The fraction of sp³-hybridized carbons (Fsp3) is 0.333. The van der Waals surface area contributed by atoms with Crippen molar-refractivity contribution in [2.75, 3.05) is 12.4 Å². The number of nitrogens with zero attached hydrogens (tertiary/aromatic N) is 4. The molecule has 8 heteroatoms. The van der Waals surface area contributed by atoms with E-state index in [-0.39, 0.29) is 23.2 Å². The lowest BCUT2D eigenvalue weighted by molar-refractivity contribution is 0.0957. The van der Waals surface area contributed by atoms with Crippen LogP contribution in [0.3, 0.4) is 0 Å². The third-order valence-corrected chi connectivity index (χ3v) is 7.43. The van der Waals surface area contributed by atoms with E-state index in [0.717, 1.165) is 42.9 Å². The standard InChI is InChI=1S/C27H28N4O3S/c1-17-10-11-28-25(13-17)31-26(33)21-8-4-5-9-23(21)29-27(31)35-16-24(32)22-14-18(2)30(19(22)3)15-20-7-6-12-34-20/h4-5,8-11,13-14,20H,6-7,12,15-16H2,1-3H3. The number of para-hydroxylation sites is 1. The van der Waals surface area contributed by atoms with Crippen molar-refractivity contribution >= 4 is 28.4 Å². The summed E-state index contributed by atoms with van der Waals surface area (Å²) >= 11 is 1.26. The van der Waals surface area contributed by atoms with E-state index in [9.17, 15) is 9.59 Å². The highest BCUT2D eigenvalue weighted by atomic mass is 32.2. The lowest BCUT2D eigenvalue weighted by atomic mass is 10.2. The first-order chi connectivity index (χ1) is 16.9. The van der Waals surface area contributed by atoms with Gasteiger partial charge in [0, 0.05) is 36.3 Å². The number of benzene rings is 1. The van der Waals surface area contributed by atoms with Gasteiger partial charge in [0.25, 0.3) is 5.56 Å². The smallest absolute Gasteiger partial charge is 0.267 e. The van der Waals surface area contributed by atoms with E-state index in [1.54, 1.807) is 12.3 Å². The molecule has 4 aromatic rings.